The standard InChI is InChI=1S/C20H13F2NO3S/c21-13-8-4-7-11(16(13)22)12-9-14(24)23-17-15(10-5-2-1-3-6-10)19(20(25)26)27-18(12)17/h1-8,12H,9H2,(H,23,24)(H,25,26)/t12-/m1/s1. The quantitative estimate of drug-likeness (QED) is 0.676. The van der Waals surface area contributed by atoms with Crippen molar-refractivity contribution in [3.8, 4) is 11.1 Å². The molecule has 1 aromatic heterocycles. The number of carbonyl (C=O) groups is 2. The van der Waals surface area contributed by atoms with Crippen molar-refractivity contribution in [2.75, 3.05) is 5.32 Å². The fraction of sp³-hybridized carbons (Fsp3) is 0.100. The molecule has 0 unspecified atom stereocenters. The molecule has 1 amide bonds. The van der Waals surface area contributed by atoms with Crippen molar-refractivity contribution in [3.63, 3.8) is 0 Å². The Balaban J connectivity index is 1.97. The number of rotatable bonds is 3. The fourth-order valence-electron chi connectivity index (χ4n) is 3.36. The highest BCUT2D eigenvalue weighted by Gasteiger charge is 2.35. The van der Waals surface area contributed by atoms with Gasteiger partial charge in [0.25, 0.3) is 0 Å². The van der Waals surface area contributed by atoms with E-state index in [1.807, 2.05) is 0 Å². The second-order valence-electron chi connectivity index (χ2n) is 6.16. The highest BCUT2D eigenvalue weighted by molar-refractivity contribution is 7.15. The fourth-order valence-corrected chi connectivity index (χ4v) is 4.60. The number of carboxylic acids is 1. The van der Waals surface area contributed by atoms with E-state index in [0.29, 0.717) is 21.7 Å². The van der Waals surface area contributed by atoms with E-state index in [1.165, 1.54) is 12.1 Å². The number of anilines is 1. The molecular formula is C20H13F2NO3S. The Labute approximate surface area is 157 Å². The minimum Gasteiger partial charge on any atom is -0.477 e. The van der Waals surface area contributed by atoms with Gasteiger partial charge in [-0.1, -0.05) is 42.5 Å². The maximum Gasteiger partial charge on any atom is 0.346 e. The molecule has 2 N–H and O–H groups in total. The minimum atomic E-state index is -1.14. The van der Waals surface area contributed by atoms with Crippen LogP contribution in [-0.2, 0) is 4.79 Å². The van der Waals surface area contributed by atoms with E-state index in [2.05, 4.69) is 5.32 Å². The Morgan fingerprint density at radius 2 is 1.85 bits per heavy atom. The summed E-state index contributed by atoms with van der Waals surface area (Å²) in [7, 11) is 0. The molecule has 1 aliphatic rings. The van der Waals surface area contributed by atoms with Gasteiger partial charge in [0.15, 0.2) is 11.6 Å². The lowest BCUT2D eigenvalue weighted by Gasteiger charge is -2.24. The van der Waals surface area contributed by atoms with Crippen LogP contribution >= 0.6 is 11.3 Å². The van der Waals surface area contributed by atoms with Crippen molar-refractivity contribution >= 4 is 28.9 Å². The number of halogens is 2. The van der Waals surface area contributed by atoms with Gasteiger partial charge in [-0.25, -0.2) is 13.6 Å². The van der Waals surface area contributed by atoms with Gasteiger partial charge in [0.05, 0.1) is 5.69 Å². The van der Waals surface area contributed by atoms with Crippen LogP contribution in [0.1, 0.15) is 32.5 Å². The number of benzene rings is 2. The number of hydrogen-bond donors (Lipinski definition) is 2. The van der Waals surface area contributed by atoms with Gasteiger partial charge in [-0.05, 0) is 17.2 Å². The Morgan fingerprint density at radius 3 is 2.56 bits per heavy atom. The van der Waals surface area contributed by atoms with Crippen LogP contribution in [0.15, 0.2) is 48.5 Å². The topological polar surface area (TPSA) is 66.4 Å². The van der Waals surface area contributed by atoms with Crippen LogP contribution in [0.5, 0.6) is 0 Å². The van der Waals surface area contributed by atoms with Crippen molar-refractivity contribution < 1.29 is 23.5 Å². The molecule has 2 aromatic carbocycles. The summed E-state index contributed by atoms with van der Waals surface area (Å²) < 4.78 is 28.1. The van der Waals surface area contributed by atoms with E-state index in [4.69, 9.17) is 0 Å². The molecule has 0 aliphatic carbocycles. The summed E-state index contributed by atoms with van der Waals surface area (Å²) >= 11 is 0.981. The molecule has 0 radical (unpaired) electrons. The number of nitrogens with one attached hydrogen (secondary N) is 1. The molecule has 0 saturated heterocycles. The first-order valence-corrected chi connectivity index (χ1v) is 8.98. The van der Waals surface area contributed by atoms with E-state index >= 15 is 0 Å². The SMILES string of the molecule is O=C1C[C@H](c2cccc(F)c2F)c2sc(C(=O)O)c(-c3ccccc3)c2N1. The summed E-state index contributed by atoms with van der Waals surface area (Å²) in [6.07, 6.45) is -0.0822. The number of aromatic carboxylic acids is 1. The van der Waals surface area contributed by atoms with Gasteiger partial charge >= 0.3 is 5.97 Å². The Bertz CT molecular complexity index is 1060. The number of thiophene rings is 1. The van der Waals surface area contributed by atoms with Crippen molar-refractivity contribution in [1.29, 1.82) is 0 Å². The third-order valence-electron chi connectivity index (χ3n) is 4.52. The highest BCUT2D eigenvalue weighted by Crippen LogP contribution is 2.49. The molecule has 2 heterocycles. The molecule has 0 spiro atoms. The molecule has 136 valence electrons. The summed E-state index contributed by atoms with van der Waals surface area (Å²) in [6, 6.07) is 12.6. The van der Waals surface area contributed by atoms with Crippen LogP contribution in [0, 0.1) is 11.6 Å². The van der Waals surface area contributed by atoms with Gasteiger partial charge in [-0.3, -0.25) is 4.79 Å². The minimum absolute atomic E-state index is 0.0453. The summed E-state index contributed by atoms with van der Waals surface area (Å²) in [5.41, 5.74) is 1.42. The third kappa shape index (κ3) is 2.90. The van der Waals surface area contributed by atoms with E-state index in [1.54, 1.807) is 30.3 Å². The number of hydrogen-bond acceptors (Lipinski definition) is 3. The molecule has 1 atom stereocenters. The predicted octanol–water partition coefficient (Wildman–Crippen LogP) is 4.87. The van der Waals surface area contributed by atoms with Crippen molar-refractivity contribution in [2.24, 2.45) is 0 Å². The van der Waals surface area contributed by atoms with E-state index < -0.39 is 23.5 Å². The average Bonchev–Trinajstić information content (AvgIpc) is 3.04. The zero-order valence-corrected chi connectivity index (χ0v) is 14.6. The second kappa shape index (κ2) is 6.59. The maximum atomic E-state index is 14.4. The van der Waals surface area contributed by atoms with Crippen LogP contribution in [0.4, 0.5) is 14.5 Å². The monoisotopic (exact) mass is 385 g/mol. The molecule has 3 aromatic rings. The van der Waals surface area contributed by atoms with Crippen LogP contribution in [0.2, 0.25) is 0 Å². The molecule has 0 bridgehead atoms. The molecule has 4 rings (SSSR count). The molecular weight excluding hydrogens is 372 g/mol. The lowest BCUT2D eigenvalue weighted by molar-refractivity contribution is -0.116. The van der Waals surface area contributed by atoms with Crippen molar-refractivity contribution in [1.82, 2.24) is 0 Å². The maximum absolute atomic E-state index is 14.4. The van der Waals surface area contributed by atoms with Crippen LogP contribution < -0.4 is 5.32 Å². The van der Waals surface area contributed by atoms with Gasteiger partial charge in [-0.15, -0.1) is 11.3 Å². The molecule has 0 saturated carbocycles. The molecule has 7 heteroatoms. The molecule has 4 nitrogen and oxygen atoms in total. The van der Waals surface area contributed by atoms with Crippen LogP contribution in [0.3, 0.4) is 0 Å². The van der Waals surface area contributed by atoms with Crippen molar-refractivity contribution in [3.05, 3.63) is 75.5 Å². The summed E-state index contributed by atoms with van der Waals surface area (Å²) in [6.45, 7) is 0. The van der Waals surface area contributed by atoms with E-state index in [9.17, 15) is 23.5 Å². The normalized spacial score (nSPS) is 15.9. The first-order valence-electron chi connectivity index (χ1n) is 8.16. The molecule has 1 aliphatic heterocycles. The highest BCUT2D eigenvalue weighted by atomic mass is 32.1. The number of fused-ring (bicyclic) bond motifs is 1. The second-order valence-corrected chi connectivity index (χ2v) is 7.22. The van der Waals surface area contributed by atoms with E-state index in [0.717, 1.165) is 17.4 Å². The van der Waals surface area contributed by atoms with Gasteiger partial charge < -0.3 is 10.4 Å². The largest absolute Gasteiger partial charge is 0.477 e. The summed E-state index contributed by atoms with van der Waals surface area (Å²) in [5, 5.41) is 12.4. The molecule has 0 fully saturated rings. The lowest BCUT2D eigenvalue weighted by atomic mass is 9.88. The number of carboxylic acid groups (broad SMARTS) is 1. The first-order chi connectivity index (χ1) is 13.0. The van der Waals surface area contributed by atoms with Gasteiger partial charge in [0.2, 0.25) is 5.91 Å². The third-order valence-corrected chi connectivity index (χ3v) is 5.81. The number of amides is 1. The Hall–Kier alpha value is -3.06. The van der Waals surface area contributed by atoms with Gasteiger partial charge in [0.1, 0.15) is 4.88 Å². The smallest absolute Gasteiger partial charge is 0.346 e. The molecule has 27 heavy (non-hydrogen) atoms. The zero-order valence-electron chi connectivity index (χ0n) is 13.8. The van der Waals surface area contributed by atoms with Gasteiger partial charge in [-0.2, -0.15) is 0 Å². The van der Waals surface area contributed by atoms with Crippen molar-refractivity contribution in [2.45, 2.75) is 12.3 Å². The summed E-state index contributed by atoms with van der Waals surface area (Å²) in [4.78, 5) is 24.7. The van der Waals surface area contributed by atoms with Gasteiger partial charge in [0, 0.05) is 22.8 Å². The predicted molar refractivity (Wildman–Crippen MR) is 98.2 cm³/mol. The Kier molecular flexibility index (Phi) is 4.24. The summed E-state index contributed by atoms with van der Waals surface area (Å²) in [5.74, 6) is -4.28. The first kappa shape index (κ1) is 17.4. The van der Waals surface area contributed by atoms with Crippen LogP contribution in [-0.4, -0.2) is 17.0 Å². The number of carbonyl (C=O) groups excluding carboxylic acids is 1. The average molecular weight is 385 g/mol. The lowest BCUT2D eigenvalue weighted by Crippen LogP contribution is -2.23. The zero-order chi connectivity index (χ0) is 19.1. The van der Waals surface area contributed by atoms with Crippen LogP contribution in [0.25, 0.3) is 11.1 Å². The van der Waals surface area contributed by atoms with E-state index in [-0.39, 0.29) is 22.8 Å². The Morgan fingerprint density at radius 1 is 1.11 bits per heavy atom.